The molecule has 0 aromatic carbocycles. The van der Waals surface area contributed by atoms with E-state index in [9.17, 15) is 14.7 Å². The van der Waals surface area contributed by atoms with Gasteiger partial charge in [-0.2, -0.15) is 0 Å². The molecule has 0 aromatic heterocycles. The molecule has 0 aromatic rings. The lowest BCUT2D eigenvalue weighted by Crippen LogP contribution is -2.29. The average Bonchev–Trinajstić information content (AvgIpc) is 2.19. The minimum Gasteiger partial charge on any atom is -0.396 e. The van der Waals surface area contributed by atoms with Gasteiger partial charge in [-0.05, 0) is 18.9 Å². The van der Waals surface area contributed by atoms with Crippen LogP contribution in [0, 0.1) is 5.92 Å². The normalized spacial score (nSPS) is 15.1. The van der Waals surface area contributed by atoms with Gasteiger partial charge in [0.1, 0.15) is 5.92 Å². The molecular weight excluding hydrogens is 196 g/mol. The number of aliphatic hydroxyl groups excluding tert-OH is 2. The van der Waals surface area contributed by atoms with Gasteiger partial charge in [0.05, 0.1) is 6.10 Å². The third-order valence-corrected chi connectivity index (χ3v) is 1.98. The Labute approximate surface area is 89.6 Å². The molecule has 15 heavy (non-hydrogen) atoms. The zero-order chi connectivity index (χ0) is 11.7. The van der Waals surface area contributed by atoms with E-state index >= 15 is 0 Å². The minimum absolute atomic E-state index is 0.00721. The molecule has 0 heterocycles. The number of ketones is 1. The maximum Gasteiger partial charge on any atom is 0.212 e. The van der Waals surface area contributed by atoms with E-state index in [-0.39, 0.29) is 13.0 Å². The van der Waals surface area contributed by atoms with Crippen molar-refractivity contribution in [2.75, 3.05) is 6.61 Å². The molecule has 4 nitrogen and oxygen atoms in total. The van der Waals surface area contributed by atoms with Crippen molar-refractivity contribution in [3.05, 3.63) is 12.2 Å². The monoisotopic (exact) mass is 213 g/mol. The summed E-state index contributed by atoms with van der Waals surface area (Å²) in [4.78, 5) is 21.8. The third kappa shape index (κ3) is 5.44. The summed E-state index contributed by atoms with van der Waals surface area (Å²) in [5.74, 6) is -1.63. The lowest BCUT2D eigenvalue weighted by atomic mass is 9.96. The van der Waals surface area contributed by atoms with Crippen LogP contribution in [0.1, 0.15) is 26.2 Å². The van der Waals surface area contributed by atoms with Gasteiger partial charge >= 0.3 is 0 Å². The van der Waals surface area contributed by atoms with Crippen LogP contribution >= 0.6 is 0 Å². The molecule has 0 bridgehead atoms. The van der Waals surface area contributed by atoms with Crippen molar-refractivity contribution in [2.24, 2.45) is 5.92 Å². The highest BCUT2D eigenvalue weighted by molar-refractivity contribution is 6.01. The van der Waals surface area contributed by atoms with Gasteiger partial charge in [0.25, 0.3) is 0 Å². The fraction of sp³-hybridized carbons (Fsp3) is 0.636. The van der Waals surface area contributed by atoms with Crippen LogP contribution in [0.5, 0.6) is 0 Å². The van der Waals surface area contributed by atoms with Crippen LogP contribution in [-0.2, 0) is 9.59 Å². The maximum absolute atomic E-state index is 11.4. The smallest absolute Gasteiger partial charge is 0.212 e. The summed E-state index contributed by atoms with van der Waals surface area (Å²) in [5, 5.41) is 17.9. The molecule has 1 radical (unpaired) electrons. The van der Waals surface area contributed by atoms with E-state index in [4.69, 9.17) is 5.11 Å². The standard InChI is InChI=1S/C11H17O4/c1-2-3-4-5-10(14)9(8-13)11(15)6-7-12/h4-5,9,11-12,15H,2-3,6-7H2,1H3/b5-4+. The second-order valence-corrected chi connectivity index (χ2v) is 3.27. The Morgan fingerprint density at radius 1 is 1.53 bits per heavy atom. The van der Waals surface area contributed by atoms with E-state index in [1.54, 1.807) is 6.08 Å². The van der Waals surface area contributed by atoms with Gasteiger partial charge in [0.15, 0.2) is 5.78 Å². The van der Waals surface area contributed by atoms with Crippen molar-refractivity contribution < 1.29 is 19.8 Å². The highest BCUT2D eigenvalue weighted by Gasteiger charge is 2.24. The van der Waals surface area contributed by atoms with Crippen molar-refractivity contribution in [1.29, 1.82) is 0 Å². The molecule has 4 heteroatoms. The van der Waals surface area contributed by atoms with E-state index in [0.29, 0.717) is 0 Å². The Morgan fingerprint density at radius 2 is 2.20 bits per heavy atom. The number of unbranched alkanes of at least 4 members (excludes halogenated alkanes) is 1. The lowest BCUT2D eigenvalue weighted by molar-refractivity contribution is -0.119. The number of aliphatic hydroxyl groups is 2. The van der Waals surface area contributed by atoms with E-state index in [2.05, 4.69) is 0 Å². The van der Waals surface area contributed by atoms with Gasteiger partial charge < -0.3 is 10.2 Å². The van der Waals surface area contributed by atoms with Crippen molar-refractivity contribution in [1.82, 2.24) is 0 Å². The summed E-state index contributed by atoms with van der Waals surface area (Å²) in [5.41, 5.74) is 0. The van der Waals surface area contributed by atoms with Gasteiger partial charge in [-0.25, -0.2) is 0 Å². The van der Waals surface area contributed by atoms with E-state index in [1.165, 1.54) is 12.4 Å². The van der Waals surface area contributed by atoms with Crippen molar-refractivity contribution in [2.45, 2.75) is 32.3 Å². The Kier molecular flexibility index (Phi) is 7.77. The molecule has 0 fully saturated rings. The first-order valence-corrected chi connectivity index (χ1v) is 5.04. The Morgan fingerprint density at radius 3 is 2.67 bits per heavy atom. The molecule has 0 aliphatic carbocycles. The minimum atomic E-state index is -1.18. The zero-order valence-electron chi connectivity index (χ0n) is 8.85. The lowest BCUT2D eigenvalue weighted by Gasteiger charge is -2.12. The van der Waals surface area contributed by atoms with E-state index in [1.807, 2.05) is 6.92 Å². The molecule has 0 saturated heterocycles. The average molecular weight is 213 g/mol. The number of rotatable bonds is 8. The fourth-order valence-corrected chi connectivity index (χ4v) is 1.09. The first-order chi connectivity index (χ1) is 7.17. The second-order valence-electron chi connectivity index (χ2n) is 3.27. The second kappa shape index (κ2) is 8.32. The Hall–Kier alpha value is -1.00. The van der Waals surface area contributed by atoms with Gasteiger partial charge in [-0.3, -0.25) is 9.59 Å². The zero-order valence-corrected chi connectivity index (χ0v) is 8.85. The van der Waals surface area contributed by atoms with Crippen LogP contribution in [-0.4, -0.2) is 35.0 Å². The van der Waals surface area contributed by atoms with Gasteiger partial charge in [0, 0.05) is 6.61 Å². The molecule has 0 saturated carbocycles. The predicted octanol–water partition coefficient (Wildman–Crippen LogP) is 0.381. The molecule has 0 aliphatic rings. The number of hydrogen-bond donors (Lipinski definition) is 2. The first-order valence-electron chi connectivity index (χ1n) is 5.04. The van der Waals surface area contributed by atoms with Crippen molar-refractivity contribution in [3.63, 3.8) is 0 Å². The van der Waals surface area contributed by atoms with Crippen molar-refractivity contribution >= 4 is 12.1 Å². The quantitative estimate of drug-likeness (QED) is 0.451. The van der Waals surface area contributed by atoms with Crippen LogP contribution in [0.2, 0.25) is 0 Å². The predicted molar refractivity (Wildman–Crippen MR) is 55.9 cm³/mol. The van der Waals surface area contributed by atoms with Crippen LogP contribution in [0.3, 0.4) is 0 Å². The van der Waals surface area contributed by atoms with E-state index < -0.39 is 17.8 Å². The number of carbonyl (C=O) groups is 1. The third-order valence-electron chi connectivity index (χ3n) is 1.98. The fourth-order valence-electron chi connectivity index (χ4n) is 1.09. The highest BCUT2D eigenvalue weighted by Crippen LogP contribution is 2.07. The Bertz CT molecular complexity index is 223. The molecule has 85 valence electrons. The van der Waals surface area contributed by atoms with Gasteiger partial charge in [-0.15, -0.1) is 0 Å². The van der Waals surface area contributed by atoms with Crippen LogP contribution in [0.25, 0.3) is 0 Å². The number of carbonyl (C=O) groups excluding carboxylic acids is 2. The topological polar surface area (TPSA) is 74.6 Å². The summed E-state index contributed by atoms with van der Waals surface area (Å²) in [6, 6.07) is 0. The SMILES string of the molecule is CCC/C=C/C(=O)C([C]=O)C(O)CCO. The Balaban J connectivity index is 4.27. The summed E-state index contributed by atoms with van der Waals surface area (Å²) in [6.07, 6.45) is 4.99. The summed E-state index contributed by atoms with van der Waals surface area (Å²) in [7, 11) is 0. The van der Waals surface area contributed by atoms with Crippen LogP contribution in [0.4, 0.5) is 0 Å². The van der Waals surface area contributed by atoms with Gasteiger partial charge in [0.2, 0.25) is 6.29 Å². The number of hydrogen-bond acceptors (Lipinski definition) is 4. The molecule has 0 rings (SSSR count). The molecule has 0 spiro atoms. The van der Waals surface area contributed by atoms with Gasteiger partial charge in [-0.1, -0.05) is 19.4 Å². The number of allylic oxidation sites excluding steroid dienone is 2. The molecule has 0 amide bonds. The largest absolute Gasteiger partial charge is 0.396 e. The summed E-state index contributed by atoms with van der Waals surface area (Å²) < 4.78 is 0. The van der Waals surface area contributed by atoms with Crippen molar-refractivity contribution in [3.8, 4) is 0 Å². The first kappa shape index (κ1) is 14.0. The maximum atomic E-state index is 11.4. The summed E-state index contributed by atoms with van der Waals surface area (Å²) >= 11 is 0. The van der Waals surface area contributed by atoms with Crippen LogP contribution in [0.15, 0.2) is 12.2 Å². The van der Waals surface area contributed by atoms with Crippen LogP contribution < -0.4 is 0 Å². The molecular formula is C11H17O4. The highest BCUT2D eigenvalue weighted by atomic mass is 16.3. The molecule has 2 N–H and O–H groups in total. The summed E-state index contributed by atoms with van der Waals surface area (Å²) in [6.45, 7) is 1.71. The molecule has 0 aliphatic heterocycles. The molecule has 2 atom stereocenters. The molecule has 2 unspecified atom stereocenters. The van der Waals surface area contributed by atoms with E-state index in [0.717, 1.165) is 12.8 Å².